The predicted molar refractivity (Wildman–Crippen MR) is 102 cm³/mol. The molecule has 2 aromatic rings. The van der Waals surface area contributed by atoms with Gasteiger partial charge < -0.3 is 15.1 Å². The van der Waals surface area contributed by atoms with Crippen LogP contribution in [0.2, 0.25) is 0 Å². The first-order valence-corrected chi connectivity index (χ1v) is 10.7. The molecular weight excluding hydrogens is 378 g/mol. The van der Waals surface area contributed by atoms with Gasteiger partial charge in [-0.15, -0.1) is 21.5 Å². The van der Waals surface area contributed by atoms with Crippen LogP contribution in [0.5, 0.6) is 0 Å². The van der Waals surface area contributed by atoms with E-state index in [-0.39, 0.29) is 11.8 Å². The average Bonchev–Trinajstić information content (AvgIpc) is 3.31. The molecule has 1 saturated heterocycles. The molecule has 134 valence electrons. The van der Waals surface area contributed by atoms with E-state index in [0.717, 1.165) is 20.9 Å². The number of carbonyl (C=O) groups excluding carboxylic acids is 2. The van der Waals surface area contributed by atoms with Crippen LogP contribution in [-0.2, 0) is 4.79 Å². The van der Waals surface area contributed by atoms with Gasteiger partial charge in [0.05, 0.1) is 10.6 Å². The van der Waals surface area contributed by atoms with E-state index < -0.39 is 0 Å². The number of nitrogens with zero attached hydrogens (tertiary/aromatic N) is 4. The molecule has 7 nitrogen and oxygen atoms in total. The van der Waals surface area contributed by atoms with Gasteiger partial charge >= 0.3 is 0 Å². The number of carbonyl (C=O) groups is 2. The number of thiophene rings is 1. The van der Waals surface area contributed by atoms with Crippen molar-refractivity contribution in [1.29, 1.82) is 0 Å². The van der Waals surface area contributed by atoms with Crippen LogP contribution in [0.25, 0.3) is 0 Å². The summed E-state index contributed by atoms with van der Waals surface area (Å²) in [5.74, 6) is 0.481. The van der Waals surface area contributed by atoms with Gasteiger partial charge in [-0.05, 0) is 18.4 Å². The Morgan fingerprint density at radius 2 is 2.00 bits per heavy atom. The summed E-state index contributed by atoms with van der Waals surface area (Å²) in [5, 5.41) is 13.9. The maximum absolute atomic E-state index is 12.4. The Morgan fingerprint density at radius 3 is 2.68 bits per heavy atom. The van der Waals surface area contributed by atoms with E-state index in [2.05, 4.69) is 15.5 Å². The van der Waals surface area contributed by atoms with Crippen LogP contribution in [-0.4, -0.2) is 70.3 Å². The first-order valence-electron chi connectivity index (χ1n) is 7.98. The molecular formula is C15H19N5O2S3. The van der Waals surface area contributed by atoms with Crippen molar-refractivity contribution in [2.24, 2.45) is 0 Å². The standard InChI is InChI=1S/C15H19N5O2S3/c1-2-16-14-17-18-15(25-14)24-10-12(21)19-5-7-20(8-6-19)13(22)11-4-3-9-23-11/h3-4,9H,2,5-8,10H2,1H3,(H,16,17). The number of hydrogen-bond donors (Lipinski definition) is 1. The van der Waals surface area contributed by atoms with E-state index >= 15 is 0 Å². The van der Waals surface area contributed by atoms with E-state index in [1.807, 2.05) is 34.2 Å². The van der Waals surface area contributed by atoms with Gasteiger partial charge in [-0.1, -0.05) is 29.2 Å². The van der Waals surface area contributed by atoms with Crippen LogP contribution in [0.15, 0.2) is 21.9 Å². The highest BCUT2D eigenvalue weighted by Gasteiger charge is 2.25. The zero-order chi connectivity index (χ0) is 17.6. The van der Waals surface area contributed by atoms with Crippen molar-refractivity contribution in [3.63, 3.8) is 0 Å². The number of piperazine rings is 1. The van der Waals surface area contributed by atoms with Gasteiger partial charge in [-0.25, -0.2) is 0 Å². The molecule has 25 heavy (non-hydrogen) atoms. The lowest BCUT2D eigenvalue weighted by Gasteiger charge is -2.34. The summed E-state index contributed by atoms with van der Waals surface area (Å²) in [6.45, 7) is 5.12. The Balaban J connectivity index is 1.44. The Hall–Kier alpha value is -1.65. The summed E-state index contributed by atoms with van der Waals surface area (Å²) in [6.07, 6.45) is 0. The molecule has 0 aliphatic carbocycles. The minimum atomic E-state index is 0.0567. The maximum atomic E-state index is 12.4. The molecule has 1 fully saturated rings. The number of nitrogens with one attached hydrogen (secondary N) is 1. The van der Waals surface area contributed by atoms with Gasteiger partial charge in [0, 0.05) is 32.7 Å². The van der Waals surface area contributed by atoms with Crippen LogP contribution in [0.3, 0.4) is 0 Å². The molecule has 2 amide bonds. The van der Waals surface area contributed by atoms with E-state index in [9.17, 15) is 9.59 Å². The van der Waals surface area contributed by atoms with Crippen molar-refractivity contribution in [2.75, 3.05) is 43.8 Å². The lowest BCUT2D eigenvalue weighted by atomic mass is 10.3. The number of hydrogen-bond acceptors (Lipinski definition) is 8. The average molecular weight is 398 g/mol. The summed E-state index contributed by atoms with van der Waals surface area (Å²) >= 11 is 4.32. The molecule has 0 atom stereocenters. The number of rotatable bonds is 6. The molecule has 0 saturated carbocycles. The van der Waals surface area contributed by atoms with Crippen molar-refractivity contribution in [2.45, 2.75) is 11.3 Å². The third kappa shape index (κ3) is 4.71. The molecule has 2 aromatic heterocycles. The fourth-order valence-corrected chi connectivity index (χ4v) is 4.83. The van der Waals surface area contributed by atoms with E-state index in [0.29, 0.717) is 31.9 Å². The minimum absolute atomic E-state index is 0.0567. The van der Waals surface area contributed by atoms with Gasteiger partial charge in [0.25, 0.3) is 5.91 Å². The Labute approximate surface area is 158 Å². The zero-order valence-electron chi connectivity index (χ0n) is 13.8. The van der Waals surface area contributed by atoms with Gasteiger partial charge in [0.1, 0.15) is 0 Å². The quantitative estimate of drug-likeness (QED) is 0.752. The minimum Gasteiger partial charge on any atom is -0.360 e. The van der Waals surface area contributed by atoms with Crippen LogP contribution in [0.1, 0.15) is 16.6 Å². The monoisotopic (exact) mass is 397 g/mol. The molecule has 0 spiro atoms. The molecule has 10 heteroatoms. The lowest BCUT2D eigenvalue weighted by Crippen LogP contribution is -2.50. The van der Waals surface area contributed by atoms with Crippen LogP contribution < -0.4 is 5.32 Å². The van der Waals surface area contributed by atoms with E-state index in [1.54, 1.807) is 0 Å². The highest BCUT2D eigenvalue weighted by Crippen LogP contribution is 2.25. The fourth-order valence-electron chi connectivity index (χ4n) is 2.42. The second-order valence-electron chi connectivity index (χ2n) is 5.34. The molecule has 3 heterocycles. The van der Waals surface area contributed by atoms with Crippen LogP contribution in [0, 0.1) is 0 Å². The largest absolute Gasteiger partial charge is 0.360 e. The highest BCUT2D eigenvalue weighted by atomic mass is 32.2. The fraction of sp³-hybridized carbons (Fsp3) is 0.467. The molecule has 1 N–H and O–H groups in total. The van der Waals surface area contributed by atoms with Crippen molar-refractivity contribution < 1.29 is 9.59 Å². The molecule has 0 aromatic carbocycles. The second-order valence-corrected chi connectivity index (χ2v) is 8.49. The SMILES string of the molecule is CCNc1nnc(SCC(=O)N2CCN(C(=O)c3cccs3)CC2)s1. The summed E-state index contributed by atoms with van der Waals surface area (Å²) in [5.41, 5.74) is 0. The molecule has 1 aliphatic heterocycles. The van der Waals surface area contributed by atoms with Gasteiger partial charge in [0.2, 0.25) is 11.0 Å². The van der Waals surface area contributed by atoms with E-state index in [1.165, 1.54) is 34.4 Å². The predicted octanol–water partition coefficient (Wildman–Crippen LogP) is 2.11. The van der Waals surface area contributed by atoms with Crippen molar-refractivity contribution in [3.05, 3.63) is 22.4 Å². The number of amides is 2. The molecule has 0 bridgehead atoms. The molecule has 0 unspecified atom stereocenters. The Morgan fingerprint density at radius 1 is 1.24 bits per heavy atom. The Bertz CT molecular complexity index is 711. The third-order valence-corrected chi connectivity index (χ3v) is 6.56. The molecule has 0 radical (unpaired) electrons. The highest BCUT2D eigenvalue weighted by molar-refractivity contribution is 8.01. The summed E-state index contributed by atoms with van der Waals surface area (Å²) in [7, 11) is 0. The lowest BCUT2D eigenvalue weighted by molar-refractivity contribution is -0.129. The van der Waals surface area contributed by atoms with Crippen molar-refractivity contribution >= 4 is 51.4 Å². The normalized spacial score (nSPS) is 14.6. The summed E-state index contributed by atoms with van der Waals surface area (Å²) in [6, 6.07) is 3.72. The first-order chi connectivity index (χ1) is 12.2. The van der Waals surface area contributed by atoms with Crippen LogP contribution in [0.4, 0.5) is 5.13 Å². The summed E-state index contributed by atoms with van der Waals surface area (Å²) in [4.78, 5) is 29.1. The van der Waals surface area contributed by atoms with Gasteiger partial charge in [-0.2, -0.15) is 0 Å². The first kappa shape index (κ1) is 18.2. The van der Waals surface area contributed by atoms with Gasteiger partial charge in [-0.3, -0.25) is 9.59 Å². The molecule has 1 aliphatic rings. The van der Waals surface area contributed by atoms with Gasteiger partial charge in [0.15, 0.2) is 4.34 Å². The molecule has 3 rings (SSSR count). The number of aromatic nitrogens is 2. The summed E-state index contributed by atoms with van der Waals surface area (Å²) < 4.78 is 0.788. The number of anilines is 1. The Kier molecular flexibility index (Phi) is 6.27. The third-order valence-electron chi connectivity index (χ3n) is 3.71. The second kappa shape index (κ2) is 8.63. The maximum Gasteiger partial charge on any atom is 0.264 e. The van der Waals surface area contributed by atoms with Crippen molar-refractivity contribution in [1.82, 2.24) is 20.0 Å². The topological polar surface area (TPSA) is 78.4 Å². The zero-order valence-corrected chi connectivity index (χ0v) is 16.3. The smallest absolute Gasteiger partial charge is 0.264 e. The van der Waals surface area contributed by atoms with E-state index in [4.69, 9.17) is 0 Å². The van der Waals surface area contributed by atoms with Crippen molar-refractivity contribution in [3.8, 4) is 0 Å². The van der Waals surface area contributed by atoms with Crippen LogP contribution >= 0.6 is 34.4 Å². The number of thioether (sulfide) groups is 1.